The molecule has 0 radical (unpaired) electrons. The summed E-state index contributed by atoms with van der Waals surface area (Å²) in [6.07, 6.45) is 1.62. The molecular formula is C24H17Cl2N3O5. The van der Waals surface area contributed by atoms with Crippen molar-refractivity contribution in [2.45, 2.75) is 0 Å². The molecule has 0 unspecified atom stereocenters. The third kappa shape index (κ3) is 6.25. The summed E-state index contributed by atoms with van der Waals surface area (Å²) in [6.45, 7) is -0.280. The van der Waals surface area contributed by atoms with E-state index in [1.165, 1.54) is 37.4 Å². The van der Waals surface area contributed by atoms with Crippen LogP contribution in [0, 0.1) is 21.4 Å². The SMILES string of the molecule is COc1cc(/C=C(\C#N)c2ccc([N+](=O)[O-])cc2)ccc1OCC(=O)Nc1ccc(Cl)c(Cl)c1. The number of hydrogen-bond acceptors (Lipinski definition) is 6. The van der Waals surface area contributed by atoms with E-state index in [0.29, 0.717) is 43.9 Å². The molecule has 0 atom stereocenters. The Morgan fingerprint density at radius 2 is 1.82 bits per heavy atom. The van der Waals surface area contributed by atoms with Crippen molar-refractivity contribution in [1.29, 1.82) is 5.26 Å². The van der Waals surface area contributed by atoms with Crippen molar-refractivity contribution in [2.75, 3.05) is 19.0 Å². The van der Waals surface area contributed by atoms with Gasteiger partial charge in [0.15, 0.2) is 18.1 Å². The second-order valence-electron chi connectivity index (χ2n) is 6.85. The lowest BCUT2D eigenvalue weighted by atomic mass is 10.0. The van der Waals surface area contributed by atoms with E-state index in [0.717, 1.165) is 0 Å². The van der Waals surface area contributed by atoms with Crippen LogP contribution in [0.3, 0.4) is 0 Å². The molecule has 0 aliphatic rings. The standard InChI is InChI=1S/C24H17Cl2N3O5/c1-33-23-11-15(10-17(13-27)16-3-6-19(7-4-16)29(31)32)2-9-22(23)34-14-24(30)28-18-5-8-20(25)21(26)12-18/h2-12H,14H2,1H3,(H,28,30)/b17-10+. The predicted molar refractivity (Wildman–Crippen MR) is 130 cm³/mol. The number of rotatable bonds is 8. The van der Waals surface area contributed by atoms with Gasteiger partial charge in [-0.15, -0.1) is 0 Å². The Hall–Kier alpha value is -4.06. The van der Waals surface area contributed by atoms with Crippen LogP contribution in [0.4, 0.5) is 11.4 Å². The summed E-state index contributed by atoms with van der Waals surface area (Å²) in [5.74, 6) is 0.282. The molecule has 0 saturated carbocycles. The number of nitrogens with one attached hydrogen (secondary N) is 1. The zero-order valence-electron chi connectivity index (χ0n) is 17.7. The summed E-state index contributed by atoms with van der Waals surface area (Å²) in [7, 11) is 1.45. The highest BCUT2D eigenvalue weighted by atomic mass is 35.5. The molecule has 0 heterocycles. The van der Waals surface area contributed by atoms with Gasteiger partial charge in [-0.3, -0.25) is 14.9 Å². The van der Waals surface area contributed by atoms with Crippen molar-refractivity contribution in [2.24, 2.45) is 0 Å². The highest BCUT2D eigenvalue weighted by molar-refractivity contribution is 6.42. The fourth-order valence-electron chi connectivity index (χ4n) is 2.92. The minimum Gasteiger partial charge on any atom is -0.493 e. The Labute approximate surface area is 205 Å². The largest absolute Gasteiger partial charge is 0.493 e. The molecule has 0 aromatic heterocycles. The average Bonchev–Trinajstić information content (AvgIpc) is 2.83. The van der Waals surface area contributed by atoms with Gasteiger partial charge in [-0.25, -0.2) is 0 Å². The Morgan fingerprint density at radius 1 is 1.09 bits per heavy atom. The molecule has 0 aliphatic carbocycles. The van der Waals surface area contributed by atoms with Gasteiger partial charge in [0.2, 0.25) is 0 Å². The minimum absolute atomic E-state index is 0.0626. The fourth-order valence-corrected chi connectivity index (χ4v) is 3.22. The molecule has 0 bridgehead atoms. The molecule has 34 heavy (non-hydrogen) atoms. The van der Waals surface area contributed by atoms with E-state index in [-0.39, 0.29) is 12.3 Å². The fraction of sp³-hybridized carbons (Fsp3) is 0.0833. The quantitative estimate of drug-likeness (QED) is 0.177. The summed E-state index contributed by atoms with van der Waals surface area (Å²) < 4.78 is 10.9. The smallest absolute Gasteiger partial charge is 0.269 e. The van der Waals surface area contributed by atoms with Gasteiger partial charge in [0, 0.05) is 17.8 Å². The molecule has 1 N–H and O–H groups in total. The molecule has 1 amide bonds. The van der Waals surface area contributed by atoms with Crippen LogP contribution in [0.5, 0.6) is 11.5 Å². The maximum atomic E-state index is 12.2. The Kier molecular flexibility index (Phi) is 8.09. The van der Waals surface area contributed by atoms with Gasteiger partial charge in [0.25, 0.3) is 11.6 Å². The summed E-state index contributed by atoms with van der Waals surface area (Å²) in [4.78, 5) is 22.5. The molecule has 0 saturated heterocycles. The van der Waals surface area contributed by atoms with E-state index in [1.807, 2.05) is 0 Å². The first-order valence-electron chi connectivity index (χ1n) is 9.73. The van der Waals surface area contributed by atoms with E-state index in [1.54, 1.807) is 36.4 Å². The maximum Gasteiger partial charge on any atom is 0.269 e. The Bertz CT molecular complexity index is 1300. The predicted octanol–water partition coefficient (Wildman–Crippen LogP) is 5.99. The van der Waals surface area contributed by atoms with Crippen LogP contribution in [0.15, 0.2) is 60.7 Å². The molecular weight excluding hydrogens is 481 g/mol. The van der Waals surface area contributed by atoms with Crippen molar-refractivity contribution < 1.29 is 19.2 Å². The van der Waals surface area contributed by atoms with Crippen LogP contribution in [0.2, 0.25) is 10.0 Å². The van der Waals surface area contributed by atoms with Crippen LogP contribution >= 0.6 is 23.2 Å². The van der Waals surface area contributed by atoms with Crippen molar-refractivity contribution in [3.63, 3.8) is 0 Å². The Balaban J connectivity index is 1.71. The number of nitriles is 1. The molecule has 3 rings (SSSR count). The van der Waals surface area contributed by atoms with Crippen LogP contribution in [0.25, 0.3) is 11.6 Å². The van der Waals surface area contributed by atoms with Gasteiger partial charge in [-0.05, 0) is 59.7 Å². The normalized spacial score (nSPS) is 10.8. The van der Waals surface area contributed by atoms with Crippen molar-refractivity contribution >= 4 is 52.1 Å². The highest BCUT2D eigenvalue weighted by Crippen LogP contribution is 2.30. The maximum absolute atomic E-state index is 12.2. The van der Waals surface area contributed by atoms with Gasteiger partial charge >= 0.3 is 0 Å². The number of amides is 1. The number of nitro groups is 1. The van der Waals surface area contributed by atoms with E-state index >= 15 is 0 Å². The first-order valence-corrected chi connectivity index (χ1v) is 10.5. The summed E-state index contributed by atoms with van der Waals surface area (Å²) in [5, 5.41) is 23.7. The van der Waals surface area contributed by atoms with Crippen LogP contribution in [-0.4, -0.2) is 24.5 Å². The second kappa shape index (κ2) is 11.2. The first-order chi connectivity index (χ1) is 16.3. The molecule has 8 nitrogen and oxygen atoms in total. The van der Waals surface area contributed by atoms with Crippen molar-refractivity contribution in [3.8, 4) is 17.6 Å². The van der Waals surface area contributed by atoms with E-state index in [9.17, 15) is 20.2 Å². The van der Waals surface area contributed by atoms with E-state index < -0.39 is 10.8 Å². The van der Waals surface area contributed by atoms with Crippen LogP contribution < -0.4 is 14.8 Å². The van der Waals surface area contributed by atoms with Crippen molar-refractivity contribution in [1.82, 2.24) is 0 Å². The molecule has 3 aromatic carbocycles. The van der Waals surface area contributed by atoms with E-state index in [2.05, 4.69) is 11.4 Å². The number of halogens is 2. The average molecular weight is 498 g/mol. The monoisotopic (exact) mass is 497 g/mol. The number of anilines is 1. The zero-order chi connectivity index (χ0) is 24.7. The molecule has 0 aliphatic heterocycles. The van der Waals surface area contributed by atoms with Crippen LogP contribution in [0.1, 0.15) is 11.1 Å². The van der Waals surface area contributed by atoms with E-state index in [4.69, 9.17) is 32.7 Å². The lowest BCUT2D eigenvalue weighted by Gasteiger charge is -2.12. The number of nitro benzene ring substituents is 1. The van der Waals surface area contributed by atoms with Crippen molar-refractivity contribution in [3.05, 3.63) is 92.0 Å². The summed E-state index contributed by atoms with van der Waals surface area (Å²) >= 11 is 11.8. The minimum atomic E-state index is -0.506. The summed E-state index contributed by atoms with van der Waals surface area (Å²) in [5.41, 5.74) is 1.90. The van der Waals surface area contributed by atoms with Gasteiger partial charge in [-0.2, -0.15) is 5.26 Å². The highest BCUT2D eigenvalue weighted by Gasteiger charge is 2.11. The number of carbonyl (C=O) groups excluding carboxylic acids is 1. The van der Waals surface area contributed by atoms with Gasteiger partial charge in [-0.1, -0.05) is 29.3 Å². The lowest BCUT2D eigenvalue weighted by molar-refractivity contribution is -0.384. The number of carbonyl (C=O) groups is 1. The first kappa shape index (κ1) is 24.6. The molecule has 3 aromatic rings. The van der Waals surface area contributed by atoms with Gasteiger partial charge < -0.3 is 14.8 Å². The third-order valence-electron chi connectivity index (χ3n) is 4.57. The number of nitrogens with zero attached hydrogens (tertiary/aromatic N) is 2. The summed E-state index contributed by atoms with van der Waals surface area (Å²) in [6, 6.07) is 17.4. The molecule has 0 spiro atoms. The zero-order valence-corrected chi connectivity index (χ0v) is 19.3. The molecule has 10 heteroatoms. The third-order valence-corrected chi connectivity index (χ3v) is 5.31. The molecule has 172 valence electrons. The number of hydrogen-bond donors (Lipinski definition) is 1. The number of benzene rings is 3. The Morgan fingerprint density at radius 3 is 2.44 bits per heavy atom. The van der Waals surface area contributed by atoms with Crippen LogP contribution in [-0.2, 0) is 4.79 Å². The molecule has 0 fully saturated rings. The van der Waals surface area contributed by atoms with Gasteiger partial charge in [0.05, 0.1) is 33.7 Å². The lowest BCUT2D eigenvalue weighted by Crippen LogP contribution is -2.20. The number of ether oxygens (including phenoxy) is 2. The topological polar surface area (TPSA) is 114 Å². The second-order valence-corrected chi connectivity index (χ2v) is 7.66. The number of non-ortho nitro benzene ring substituents is 1. The number of allylic oxidation sites excluding steroid dienone is 1. The van der Waals surface area contributed by atoms with Gasteiger partial charge in [0.1, 0.15) is 0 Å². The number of methoxy groups -OCH3 is 1.